The monoisotopic (exact) mass is 165 g/mol. The molecule has 0 aliphatic heterocycles. The topological polar surface area (TPSA) is 46.1 Å². The van der Waals surface area contributed by atoms with E-state index in [1.807, 2.05) is 19.0 Å². The van der Waals surface area contributed by atoms with Gasteiger partial charge in [0.2, 0.25) is 0 Å². The normalized spacial score (nSPS) is 9.58. The molecule has 0 radical (unpaired) electrons. The molecule has 1 heterocycles. The lowest BCUT2D eigenvalue weighted by atomic mass is 10.3. The SMILES string of the molecule is CC(=O)c1ccc(N(C)C)nn1. The molecule has 0 saturated heterocycles. The summed E-state index contributed by atoms with van der Waals surface area (Å²) in [4.78, 5) is 12.6. The molecule has 4 heteroatoms. The first kappa shape index (κ1) is 8.64. The highest BCUT2D eigenvalue weighted by molar-refractivity contribution is 5.91. The summed E-state index contributed by atoms with van der Waals surface area (Å²) in [5.74, 6) is 0.688. The molecule has 0 N–H and O–H groups in total. The van der Waals surface area contributed by atoms with Crippen molar-refractivity contribution in [1.29, 1.82) is 0 Å². The lowest BCUT2D eigenvalue weighted by molar-refractivity contribution is 0.101. The van der Waals surface area contributed by atoms with Gasteiger partial charge in [-0.1, -0.05) is 0 Å². The number of Topliss-reactive ketones (excluding diaryl/α,β-unsaturated/α-hetero) is 1. The van der Waals surface area contributed by atoms with E-state index in [-0.39, 0.29) is 5.78 Å². The van der Waals surface area contributed by atoms with Gasteiger partial charge in [-0.25, -0.2) is 0 Å². The van der Waals surface area contributed by atoms with Gasteiger partial charge in [0.1, 0.15) is 5.69 Å². The summed E-state index contributed by atoms with van der Waals surface area (Å²) in [6, 6.07) is 3.44. The Kier molecular flexibility index (Phi) is 2.38. The van der Waals surface area contributed by atoms with Gasteiger partial charge in [0.25, 0.3) is 0 Å². The molecule has 0 aromatic carbocycles. The summed E-state index contributed by atoms with van der Waals surface area (Å²) in [5, 5.41) is 7.61. The second-order valence-electron chi connectivity index (χ2n) is 2.73. The van der Waals surface area contributed by atoms with E-state index in [0.717, 1.165) is 5.82 Å². The van der Waals surface area contributed by atoms with Crippen LogP contribution < -0.4 is 4.90 Å². The fourth-order valence-corrected chi connectivity index (χ4v) is 0.752. The third kappa shape index (κ3) is 1.78. The smallest absolute Gasteiger partial charge is 0.180 e. The molecule has 4 nitrogen and oxygen atoms in total. The molecule has 1 rings (SSSR count). The van der Waals surface area contributed by atoms with Gasteiger partial charge in [-0.2, -0.15) is 0 Å². The van der Waals surface area contributed by atoms with Gasteiger partial charge in [-0.05, 0) is 12.1 Å². The van der Waals surface area contributed by atoms with Gasteiger partial charge < -0.3 is 4.90 Å². The minimum Gasteiger partial charge on any atom is -0.361 e. The third-order valence-corrected chi connectivity index (χ3v) is 1.47. The van der Waals surface area contributed by atoms with Gasteiger partial charge >= 0.3 is 0 Å². The maximum absolute atomic E-state index is 10.8. The fourth-order valence-electron chi connectivity index (χ4n) is 0.752. The average Bonchev–Trinajstić information content (AvgIpc) is 2.04. The van der Waals surface area contributed by atoms with E-state index in [2.05, 4.69) is 10.2 Å². The summed E-state index contributed by atoms with van der Waals surface area (Å²) in [5.41, 5.74) is 0.403. The number of nitrogens with zero attached hydrogens (tertiary/aromatic N) is 3. The van der Waals surface area contributed by atoms with Gasteiger partial charge in [0.05, 0.1) is 0 Å². The van der Waals surface area contributed by atoms with Gasteiger partial charge in [0, 0.05) is 21.0 Å². The third-order valence-electron chi connectivity index (χ3n) is 1.47. The van der Waals surface area contributed by atoms with Crippen LogP contribution in [-0.4, -0.2) is 30.1 Å². The van der Waals surface area contributed by atoms with Crippen LogP contribution in [0.4, 0.5) is 5.82 Å². The summed E-state index contributed by atoms with van der Waals surface area (Å²) in [6.07, 6.45) is 0. The Hall–Kier alpha value is -1.45. The molecule has 0 amide bonds. The number of ketones is 1. The molecule has 0 bridgehead atoms. The number of carbonyl (C=O) groups excluding carboxylic acids is 1. The molecule has 1 aromatic heterocycles. The maximum Gasteiger partial charge on any atom is 0.180 e. The summed E-state index contributed by atoms with van der Waals surface area (Å²) in [7, 11) is 3.74. The summed E-state index contributed by atoms with van der Waals surface area (Å²) in [6.45, 7) is 1.47. The molecular weight excluding hydrogens is 154 g/mol. The van der Waals surface area contributed by atoms with Crippen LogP contribution in [0.3, 0.4) is 0 Å². The van der Waals surface area contributed by atoms with E-state index in [0.29, 0.717) is 5.69 Å². The van der Waals surface area contributed by atoms with E-state index in [4.69, 9.17) is 0 Å². The van der Waals surface area contributed by atoms with Crippen LogP contribution >= 0.6 is 0 Å². The predicted octanol–water partition coefficient (Wildman–Crippen LogP) is 0.745. The number of hydrogen-bond acceptors (Lipinski definition) is 4. The van der Waals surface area contributed by atoms with Gasteiger partial charge in [0.15, 0.2) is 11.6 Å². The van der Waals surface area contributed by atoms with Crippen molar-refractivity contribution in [3.63, 3.8) is 0 Å². The van der Waals surface area contributed by atoms with Crippen molar-refractivity contribution in [2.75, 3.05) is 19.0 Å². The van der Waals surface area contributed by atoms with Gasteiger partial charge in [-0.15, -0.1) is 10.2 Å². The molecule has 0 aliphatic carbocycles. The Morgan fingerprint density at radius 3 is 2.33 bits per heavy atom. The van der Waals surface area contributed by atoms with Crippen molar-refractivity contribution in [3.8, 4) is 0 Å². The van der Waals surface area contributed by atoms with E-state index >= 15 is 0 Å². The Labute approximate surface area is 71.2 Å². The highest BCUT2D eigenvalue weighted by Gasteiger charge is 2.02. The Morgan fingerprint density at radius 1 is 1.33 bits per heavy atom. The van der Waals surface area contributed by atoms with Gasteiger partial charge in [-0.3, -0.25) is 4.79 Å². The number of rotatable bonds is 2. The molecular formula is C8H11N3O. The zero-order valence-electron chi connectivity index (χ0n) is 7.40. The van der Waals surface area contributed by atoms with E-state index in [1.54, 1.807) is 12.1 Å². The van der Waals surface area contributed by atoms with Crippen molar-refractivity contribution in [3.05, 3.63) is 17.8 Å². The maximum atomic E-state index is 10.8. The standard InChI is InChI=1S/C8H11N3O/c1-6(12)7-4-5-8(10-9-7)11(2)3/h4-5H,1-3H3. The number of anilines is 1. The van der Waals surface area contributed by atoms with Crippen molar-refractivity contribution >= 4 is 11.6 Å². The second-order valence-corrected chi connectivity index (χ2v) is 2.73. The highest BCUT2D eigenvalue weighted by atomic mass is 16.1. The molecule has 0 atom stereocenters. The molecule has 0 fully saturated rings. The number of aromatic nitrogens is 2. The molecule has 0 aliphatic rings. The minimum absolute atomic E-state index is 0.0622. The predicted molar refractivity (Wildman–Crippen MR) is 46.4 cm³/mol. The second kappa shape index (κ2) is 3.30. The van der Waals surface area contributed by atoms with Crippen molar-refractivity contribution in [2.24, 2.45) is 0 Å². The van der Waals surface area contributed by atoms with E-state index in [1.165, 1.54) is 6.92 Å². The average molecular weight is 165 g/mol. The van der Waals surface area contributed by atoms with Crippen LogP contribution in [0.15, 0.2) is 12.1 Å². The molecule has 64 valence electrons. The zero-order chi connectivity index (χ0) is 9.14. The first-order valence-corrected chi connectivity index (χ1v) is 3.63. The quantitative estimate of drug-likeness (QED) is 0.606. The Morgan fingerprint density at radius 2 is 2.00 bits per heavy atom. The molecule has 0 spiro atoms. The van der Waals surface area contributed by atoms with Crippen LogP contribution in [0.2, 0.25) is 0 Å². The fraction of sp³-hybridized carbons (Fsp3) is 0.375. The van der Waals surface area contributed by atoms with Crippen LogP contribution in [0.25, 0.3) is 0 Å². The minimum atomic E-state index is -0.0622. The van der Waals surface area contributed by atoms with Crippen molar-refractivity contribution in [2.45, 2.75) is 6.92 Å². The first-order chi connectivity index (χ1) is 5.61. The summed E-state index contributed by atoms with van der Waals surface area (Å²) < 4.78 is 0. The van der Waals surface area contributed by atoms with Crippen molar-refractivity contribution < 1.29 is 4.79 Å². The number of hydrogen-bond donors (Lipinski definition) is 0. The van der Waals surface area contributed by atoms with Crippen molar-refractivity contribution in [1.82, 2.24) is 10.2 Å². The lowest BCUT2D eigenvalue weighted by Gasteiger charge is -2.08. The molecule has 12 heavy (non-hydrogen) atoms. The first-order valence-electron chi connectivity index (χ1n) is 3.63. The Balaban J connectivity index is 2.93. The summed E-state index contributed by atoms with van der Waals surface area (Å²) >= 11 is 0. The Bertz CT molecular complexity index is 279. The lowest BCUT2D eigenvalue weighted by Crippen LogP contribution is -2.12. The van der Waals surface area contributed by atoms with E-state index < -0.39 is 0 Å². The van der Waals surface area contributed by atoms with E-state index in [9.17, 15) is 4.79 Å². The highest BCUT2D eigenvalue weighted by Crippen LogP contribution is 2.04. The largest absolute Gasteiger partial charge is 0.361 e. The number of carbonyl (C=O) groups is 1. The zero-order valence-corrected chi connectivity index (χ0v) is 7.40. The molecule has 1 aromatic rings. The molecule has 0 unspecified atom stereocenters. The van der Waals surface area contributed by atoms with Crippen LogP contribution in [-0.2, 0) is 0 Å². The molecule has 0 saturated carbocycles. The van der Waals surface area contributed by atoms with Crippen LogP contribution in [0.5, 0.6) is 0 Å². The van der Waals surface area contributed by atoms with Crippen LogP contribution in [0, 0.1) is 0 Å². The van der Waals surface area contributed by atoms with Crippen LogP contribution in [0.1, 0.15) is 17.4 Å².